The average Bonchev–Trinajstić information content (AvgIpc) is 4.05. The lowest BCUT2D eigenvalue weighted by molar-refractivity contribution is -0.143. The maximum Gasteiger partial charge on any atom is 0.410 e. The second-order valence-corrected chi connectivity index (χ2v) is 19.0. The van der Waals surface area contributed by atoms with Gasteiger partial charge in [-0.3, -0.25) is 24.0 Å². The van der Waals surface area contributed by atoms with Crippen LogP contribution in [-0.4, -0.2) is 90.3 Å². The summed E-state index contributed by atoms with van der Waals surface area (Å²) in [5.74, 6) is -2.68. The van der Waals surface area contributed by atoms with Crippen molar-refractivity contribution in [2.45, 2.75) is 127 Å². The van der Waals surface area contributed by atoms with Gasteiger partial charge >= 0.3 is 12.2 Å². The summed E-state index contributed by atoms with van der Waals surface area (Å²) < 4.78 is 39.2. The summed E-state index contributed by atoms with van der Waals surface area (Å²) in [6, 6.07) is 3.80. The van der Waals surface area contributed by atoms with Gasteiger partial charge in [-0.2, -0.15) is 0 Å². The van der Waals surface area contributed by atoms with E-state index in [0.717, 1.165) is 49.7 Å². The van der Waals surface area contributed by atoms with Crippen LogP contribution in [-0.2, 0) is 53.4 Å². The standard InChI is InChI=1S/C38H51N5O9S/c1-5-25-18-38(25,33(46)41-53(49,50)27-12-13-27)40-31(44)29-17-26-20-43(29)32(45)30(36(2,3)4)39-34(47)51-22-37(15-16-37)14-7-6-9-23-10-8-11-24-19-42(21-28(23)24)35(48)52-26/h5,8,10-11,25-27,29-30H,1,6-7,9,12-22H2,2-4H3,(H,39,47)(H,40,44)(H,41,46)/t25-,26-,29+,30-,38-/m1/s1. The van der Waals surface area contributed by atoms with E-state index in [0.29, 0.717) is 25.9 Å². The Balaban J connectivity index is 1.16. The zero-order valence-electron chi connectivity index (χ0n) is 30.8. The summed E-state index contributed by atoms with van der Waals surface area (Å²) in [5.41, 5.74) is 0.900. The highest BCUT2D eigenvalue weighted by molar-refractivity contribution is 7.91. The van der Waals surface area contributed by atoms with Gasteiger partial charge in [0.2, 0.25) is 21.8 Å². The topological polar surface area (TPSA) is 181 Å². The van der Waals surface area contributed by atoms with Gasteiger partial charge in [-0.15, -0.1) is 6.58 Å². The van der Waals surface area contributed by atoms with E-state index in [1.807, 2.05) is 12.1 Å². The van der Waals surface area contributed by atoms with Crippen LogP contribution in [0.5, 0.6) is 0 Å². The first-order valence-electron chi connectivity index (χ1n) is 18.8. The minimum Gasteiger partial charge on any atom is -0.449 e. The Morgan fingerprint density at radius 1 is 1.06 bits per heavy atom. The number of aryl methyl sites for hydroxylation is 1. The Morgan fingerprint density at radius 2 is 1.79 bits per heavy atom. The number of hydrogen-bond donors (Lipinski definition) is 3. The van der Waals surface area contributed by atoms with Crippen molar-refractivity contribution in [3.8, 4) is 0 Å². The molecule has 3 saturated carbocycles. The molecule has 3 heterocycles. The number of carbonyl (C=O) groups is 5. The van der Waals surface area contributed by atoms with Crippen molar-refractivity contribution < 1.29 is 41.9 Å². The smallest absolute Gasteiger partial charge is 0.410 e. The number of nitrogens with one attached hydrogen (secondary N) is 3. The van der Waals surface area contributed by atoms with Crippen LogP contribution in [0.15, 0.2) is 30.9 Å². The first-order valence-corrected chi connectivity index (χ1v) is 20.4. The molecule has 1 aromatic carbocycles. The Labute approximate surface area is 310 Å². The van der Waals surface area contributed by atoms with Crippen molar-refractivity contribution in [3.63, 3.8) is 0 Å². The van der Waals surface area contributed by atoms with Crippen LogP contribution in [0.25, 0.3) is 0 Å². The van der Waals surface area contributed by atoms with Crippen LogP contribution in [0.4, 0.5) is 9.59 Å². The Kier molecular flexibility index (Phi) is 9.55. The first-order chi connectivity index (χ1) is 25.0. The number of fused-ring (bicyclic) bond motifs is 3. The van der Waals surface area contributed by atoms with Crippen molar-refractivity contribution in [3.05, 3.63) is 47.5 Å². The highest BCUT2D eigenvalue weighted by Crippen LogP contribution is 2.50. The Bertz CT molecular complexity index is 1820. The van der Waals surface area contributed by atoms with Gasteiger partial charge in [0.05, 0.1) is 18.4 Å². The van der Waals surface area contributed by atoms with Crippen molar-refractivity contribution in [2.75, 3.05) is 13.2 Å². The molecule has 3 aliphatic carbocycles. The number of ether oxygens (including phenoxy) is 2. The molecule has 3 N–H and O–H groups in total. The third-order valence-corrected chi connectivity index (χ3v) is 13.8. The molecule has 53 heavy (non-hydrogen) atoms. The van der Waals surface area contributed by atoms with Crippen molar-refractivity contribution in [1.29, 1.82) is 0 Å². The summed E-state index contributed by atoms with van der Waals surface area (Å²) in [7, 11) is -3.91. The molecule has 288 valence electrons. The minimum absolute atomic E-state index is 0.0731. The zero-order chi connectivity index (χ0) is 37.9. The number of nitrogens with zero attached hydrogens (tertiary/aromatic N) is 2. The summed E-state index contributed by atoms with van der Waals surface area (Å²) in [4.78, 5) is 72.0. The first kappa shape index (κ1) is 37.2. The number of amides is 5. The number of cyclic esters (lactones) is 1. The van der Waals surface area contributed by atoms with E-state index in [4.69, 9.17) is 9.47 Å². The van der Waals surface area contributed by atoms with E-state index in [2.05, 4.69) is 28.0 Å². The minimum atomic E-state index is -3.91. The van der Waals surface area contributed by atoms with Crippen LogP contribution in [0.2, 0.25) is 0 Å². The molecule has 0 radical (unpaired) electrons. The van der Waals surface area contributed by atoms with Gasteiger partial charge in [0, 0.05) is 30.8 Å². The Morgan fingerprint density at radius 3 is 2.45 bits per heavy atom. The quantitative estimate of drug-likeness (QED) is 0.367. The van der Waals surface area contributed by atoms with Crippen molar-refractivity contribution >= 4 is 39.9 Å². The molecule has 6 aliphatic rings. The molecule has 1 saturated heterocycles. The molecule has 0 unspecified atom stereocenters. The predicted molar refractivity (Wildman–Crippen MR) is 192 cm³/mol. The number of benzene rings is 1. The number of sulfonamides is 1. The SMILES string of the molecule is C=C[C@@H]1C[C@]1(NC(=O)[C@@H]1C[C@@H]2CN1C(=O)[C@H](C(C)(C)C)NC(=O)OCC1(CCCCc3cccc4c3CN(C4)C(=O)O2)CC1)C(=O)NS(=O)(=O)C1CC1. The van der Waals surface area contributed by atoms with Gasteiger partial charge in [-0.05, 0) is 73.5 Å². The van der Waals surface area contributed by atoms with Crippen LogP contribution in [0, 0.1) is 16.7 Å². The van der Waals surface area contributed by atoms with Crippen molar-refractivity contribution in [2.24, 2.45) is 16.7 Å². The van der Waals surface area contributed by atoms with Crippen LogP contribution in [0.1, 0.15) is 95.2 Å². The van der Waals surface area contributed by atoms with E-state index >= 15 is 0 Å². The van der Waals surface area contributed by atoms with Crippen LogP contribution < -0.4 is 15.4 Å². The molecule has 3 aliphatic heterocycles. The molecule has 15 heteroatoms. The lowest BCUT2D eigenvalue weighted by atomic mass is 9.85. The predicted octanol–water partition coefficient (Wildman–Crippen LogP) is 3.43. The monoisotopic (exact) mass is 753 g/mol. The molecule has 7 rings (SSSR count). The number of rotatable bonds is 6. The van der Waals surface area contributed by atoms with Gasteiger partial charge in [0.15, 0.2) is 0 Å². The molecule has 5 atom stereocenters. The third-order valence-electron chi connectivity index (χ3n) is 11.9. The van der Waals surface area contributed by atoms with E-state index in [-0.39, 0.29) is 31.4 Å². The number of hydrogen-bond acceptors (Lipinski definition) is 9. The van der Waals surface area contributed by atoms with Gasteiger partial charge in [-0.25, -0.2) is 18.0 Å². The number of alkyl carbamates (subject to hydrolysis) is 1. The largest absolute Gasteiger partial charge is 0.449 e. The van der Waals surface area contributed by atoms with E-state index in [1.54, 1.807) is 25.7 Å². The molecule has 0 aromatic heterocycles. The molecule has 4 bridgehead atoms. The maximum atomic E-state index is 14.5. The van der Waals surface area contributed by atoms with Crippen molar-refractivity contribution in [1.82, 2.24) is 25.2 Å². The third kappa shape index (κ3) is 7.63. The van der Waals surface area contributed by atoms with Crippen LogP contribution >= 0.6 is 0 Å². The summed E-state index contributed by atoms with van der Waals surface area (Å²) in [5, 5.41) is 4.88. The normalized spacial score (nSPS) is 30.1. The van der Waals surface area contributed by atoms with E-state index in [1.165, 1.54) is 16.5 Å². The van der Waals surface area contributed by atoms with Gasteiger partial charge in [0.1, 0.15) is 23.7 Å². The lowest BCUT2D eigenvalue weighted by Crippen LogP contribution is -2.60. The van der Waals surface area contributed by atoms with Gasteiger partial charge < -0.3 is 25.0 Å². The molecule has 1 spiro atoms. The number of carbonyl (C=O) groups excluding carboxylic acids is 5. The average molecular weight is 754 g/mol. The molecule has 14 nitrogen and oxygen atoms in total. The summed E-state index contributed by atoms with van der Waals surface area (Å²) in [6.45, 7) is 10.0. The lowest BCUT2D eigenvalue weighted by Gasteiger charge is -2.35. The van der Waals surface area contributed by atoms with E-state index < -0.39 is 80.2 Å². The fourth-order valence-electron chi connectivity index (χ4n) is 8.12. The second-order valence-electron chi connectivity index (χ2n) is 17.1. The summed E-state index contributed by atoms with van der Waals surface area (Å²) >= 11 is 0. The van der Waals surface area contributed by atoms with E-state index in [9.17, 15) is 32.4 Å². The Hall–Kier alpha value is -4.14. The fourth-order valence-corrected chi connectivity index (χ4v) is 9.48. The molecule has 1 aromatic rings. The van der Waals surface area contributed by atoms with Crippen LogP contribution in [0.3, 0.4) is 0 Å². The maximum absolute atomic E-state index is 14.5. The molecular weight excluding hydrogens is 703 g/mol. The second kappa shape index (κ2) is 13.6. The molecule has 5 amide bonds. The molecule has 4 fully saturated rings. The highest BCUT2D eigenvalue weighted by Gasteiger charge is 2.62. The highest BCUT2D eigenvalue weighted by atomic mass is 32.2. The van der Waals surface area contributed by atoms with Gasteiger partial charge in [-0.1, -0.05) is 51.5 Å². The summed E-state index contributed by atoms with van der Waals surface area (Å²) in [6.07, 6.45) is 5.91. The molecular formula is C38H51N5O9S. The van der Waals surface area contributed by atoms with Gasteiger partial charge in [0.25, 0.3) is 5.91 Å². The zero-order valence-corrected chi connectivity index (χ0v) is 31.6. The fraction of sp³-hybridized carbons (Fsp3) is 0.658.